The van der Waals surface area contributed by atoms with Crippen LogP contribution in [0, 0.1) is 0 Å². The Morgan fingerprint density at radius 2 is 1.79 bits per heavy atom. The largest absolute Gasteiger partial charge is 0.478 e. The van der Waals surface area contributed by atoms with Crippen LogP contribution in [0.15, 0.2) is 47.4 Å². The number of anilines is 1. The third kappa shape index (κ3) is 5.07. The lowest BCUT2D eigenvalue weighted by Crippen LogP contribution is -2.46. The molecule has 0 atom stereocenters. The van der Waals surface area contributed by atoms with Crippen molar-refractivity contribution < 1.29 is 19.5 Å². The smallest absolute Gasteiger partial charge is 0.338 e. The van der Waals surface area contributed by atoms with Gasteiger partial charge in [0, 0.05) is 5.69 Å². The molecule has 0 saturated carbocycles. The van der Waals surface area contributed by atoms with E-state index in [1.807, 2.05) is 0 Å². The number of urea groups is 1. The molecule has 11 heteroatoms. The third-order valence-corrected chi connectivity index (χ3v) is 5.68. The minimum absolute atomic E-state index is 0.135. The van der Waals surface area contributed by atoms with Gasteiger partial charge in [-0.15, -0.1) is 0 Å². The van der Waals surface area contributed by atoms with Gasteiger partial charge in [-0.2, -0.15) is 5.01 Å². The van der Waals surface area contributed by atoms with Crippen LogP contribution in [0.4, 0.5) is 10.5 Å². The molecule has 1 fully saturated rings. The molecule has 0 aliphatic carbocycles. The molecule has 2 aromatic rings. The van der Waals surface area contributed by atoms with Crippen molar-refractivity contribution in [2.75, 3.05) is 5.32 Å². The molecule has 1 aliphatic rings. The average molecular weight is 468 g/mol. The first-order chi connectivity index (χ1) is 13.7. The van der Waals surface area contributed by atoms with E-state index in [2.05, 4.69) is 10.7 Å². The first-order valence-electron chi connectivity index (χ1n) is 7.88. The number of halogens is 2. The van der Waals surface area contributed by atoms with Crippen LogP contribution < -0.4 is 10.7 Å². The number of nitrogens with one attached hydrogen (secondary N) is 2. The molecule has 1 heterocycles. The highest BCUT2D eigenvalue weighted by Gasteiger charge is 2.33. The Bertz CT molecular complexity index is 1060. The van der Waals surface area contributed by atoms with Crippen molar-refractivity contribution in [1.82, 2.24) is 10.4 Å². The number of carboxylic acids is 1. The monoisotopic (exact) mass is 467 g/mol. The molecule has 0 unspecified atom stereocenters. The van der Waals surface area contributed by atoms with E-state index >= 15 is 0 Å². The zero-order valence-electron chi connectivity index (χ0n) is 14.3. The maximum Gasteiger partial charge on any atom is 0.338 e. The molecule has 148 valence electrons. The van der Waals surface area contributed by atoms with Gasteiger partial charge in [0.25, 0.3) is 5.91 Å². The van der Waals surface area contributed by atoms with Gasteiger partial charge in [-0.3, -0.25) is 4.79 Å². The van der Waals surface area contributed by atoms with Crippen LogP contribution in [0.5, 0.6) is 0 Å². The molecule has 7 nitrogen and oxygen atoms in total. The Morgan fingerprint density at radius 3 is 2.41 bits per heavy atom. The molecule has 1 aliphatic heterocycles. The molecule has 3 N–H and O–H groups in total. The highest BCUT2D eigenvalue weighted by atomic mass is 35.5. The van der Waals surface area contributed by atoms with Gasteiger partial charge in [0.2, 0.25) is 0 Å². The molecule has 0 spiro atoms. The summed E-state index contributed by atoms with van der Waals surface area (Å²) < 4.78 is 0.146. The summed E-state index contributed by atoms with van der Waals surface area (Å²) in [5.74, 6) is -1.55. The standard InChI is InChI=1S/C18H11Cl2N3O4S2/c19-12-6-5-11(8-13(12)20)21-17(27)22-23-15(24)14(29-18(23)28)7-9-1-3-10(4-2-9)16(25)26/h1-8H,(H,25,26)(H2,21,22,27)/b14-7-. The lowest BCUT2D eigenvalue weighted by molar-refractivity contribution is -0.123. The molecule has 0 aromatic heterocycles. The number of thiocarbonyl (C=S) groups is 1. The summed E-state index contributed by atoms with van der Waals surface area (Å²) in [5.41, 5.74) is 3.52. The van der Waals surface area contributed by atoms with Gasteiger partial charge in [0.1, 0.15) is 0 Å². The van der Waals surface area contributed by atoms with Crippen molar-refractivity contribution in [3.63, 3.8) is 0 Å². The minimum atomic E-state index is -1.04. The van der Waals surface area contributed by atoms with Gasteiger partial charge < -0.3 is 10.4 Å². The molecule has 3 rings (SSSR count). The predicted octanol–water partition coefficient (Wildman–Crippen LogP) is 4.63. The molecule has 0 bridgehead atoms. The first kappa shape index (κ1) is 21.1. The van der Waals surface area contributed by atoms with Gasteiger partial charge in [0.05, 0.1) is 20.5 Å². The minimum Gasteiger partial charge on any atom is -0.478 e. The third-order valence-electron chi connectivity index (χ3n) is 3.64. The molecular formula is C18H11Cl2N3O4S2. The molecule has 3 amide bonds. The Kier molecular flexibility index (Phi) is 6.43. The van der Waals surface area contributed by atoms with Crippen LogP contribution in [-0.4, -0.2) is 32.3 Å². The molecular weight excluding hydrogens is 457 g/mol. The maximum absolute atomic E-state index is 12.6. The molecule has 1 saturated heterocycles. The van der Waals surface area contributed by atoms with Crippen LogP contribution >= 0.6 is 47.2 Å². The van der Waals surface area contributed by atoms with Gasteiger partial charge in [-0.25, -0.2) is 15.0 Å². The van der Waals surface area contributed by atoms with E-state index in [4.69, 9.17) is 40.5 Å². The van der Waals surface area contributed by atoms with E-state index in [1.165, 1.54) is 24.3 Å². The van der Waals surface area contributed by atoms with E-state index in [9.17, 15) is 14.4 Å². The Labute approximate surface area is 184 Å². The summed E-state index contributed by atoms with van der Waals surface area (Å²) in [7, 11) is 0. The fourth-order valence-electron chi connectivity index (χ4n) is 2.27. The van der Waals surface area contributed by atoms with Crippen LogP contribution in [-0.2, 0) is 4.79 Å². The Hall–Kier alpha value is -2.59. The van der Waals surface area contributed by atoms with Crippen molar-refractivity contribution in [2.45, 2.75) is 0 Å². The zero-order chi connectivity index (χ0) is 21.1. The number of carbonyl (C=O) groups is 3. The second kappa shape index (κ2) is 8.83. The molecule has 0 radical (unpaired) electrons. The van der Waals surface area contributed by atoms with Crippen LogP contribution in [0.2, 0.25) is 10.0 Å². The number of nitrogens with zero attached hydrogens (tertiary/aromatic N) is 1. The summed E-state index contributed by atoms with van der Waals surface area (Å²) >= 11 is 17.9. The summed E-state index contributed by atoms with van der Waals surface area (Å²) in [6.07, 6.45) is 1.56. The number of aromatic carboxylic acids is 1. The average Bonchev–Trinajstić information content (AvgIpc) is 2.92. The zero-order valence-corrected chi connectivity index (χ0v) is 17.5. The number of amides is 3. The summed E-state index contributed by atoms with van der Waals surface area (Å²) in [4.78, 5) is 35.9. The number of hydrazine groups is 1. The second-order valence-corrected chi connectivity index (χ2v) is 8.13. The molecule has 29 heavy (non-hydrogen) atoms. The number of hydrogen-bond donors (Lipinski definition) is 3. The molecule has 2 aromatic carbocycles. The number of rotatable bonds is 4. The van der Waals surface area contributed by atoms with Crippen LogP contribution in [0.1, 0.15) is 15.9 Å². The van der Waals surface area contributed by atoms with Crippen LogP contribution in [0.3, 0.4) is 0 Å². The summed E-state index contributed by atoms with van der Waals surface area (Å²) in [5, 5.41) is 13.0. The number of thioether (sulfide) groups is 1. The van der Waals surface area contributed by atoms with E-state index in [-0.39, 0.29) is 19.8 Å². The SMILES string of the molecule is O=C(Nc1ccc(Cl)c(Cl)c1)NN1C(=O)/C(=C/c2ccc(C(=O)O)cc2)SC1=S. The quantitative estimate of drug-likeness (QED) is 0.447. The topological polar surface area (TPSA) is 98.7 Å². The number of benzene rings is 2. The van der Waals surface area contributed by atoms with Gasteiger partial charge in [-0.05, 0) is 54.2 Å². The Morgan fingerprint density at radius 1 is 1.10 bits per heavy atom. The van der Waals surface area contributed by atoms with Crippen molar-refractivity contribution in [3.05, 3.63) is 68.5 Å². The summed E-state index contributed by atoms with van der Waals surface area (Å²) in [6.45, 7) is 0. The highest BCUT2D eigenvalue weighted by molar-refractivity contribution is 8.26. The van der Waals surface area contributed by atoms with Gasteiger partial charge in [-0.1, -0.05) is 47.1 Å². The van der Waals surface area contributed by atoms with E-state index in [0.717, 1.165) is 16.8 Å². The normalized spacial score (nSPS) is 15.0. The maximum atomic E-state index is 12.6. The Balaban J connectivity index is 1.68. The predicted molar refractivity (Wildman–Crippen MR) is 117 cm³/mol. The highest BCUT2D eigenvalue weighted by Crippen LogP contribution is 2.31. The first-order valence-corrected chi connectivity index (χ1v) is 9.86. The van der Waals surface area contributed by atoms with E-state index < -0.39 is 17.9 Å². The summed E-state index contributed by atoms with van der Waals surface area (Å²) in [6, 6.07) is 9.85. The van der Waals surface area contributed by atoms with Gasteiger partial charge >= 0.3 is 12.0 Å². The van der Waals surface area contributed by atoms with Crippen molar-refractivity contribution in [2.24, 2.45) is 0 Å². The number of carbonyl (C=O) groups excluding carboxylic acids is 2. The lowest BCUT2D eigenvalue weighted by atomic mass is 10.1. The van der Waals surface area contributed by atoms with Crippen LogP contribution in [0.25, 0.3) is 6.08 Å². The van der Waals surface area contributed by atoms with Crippen molar-refractivity contribution in [1.29, 1.82) is 0 Å². The van der Waals surface area contributed by atoms with Gasteiger partial charge in [0.15, 0.2) is 4.32 Å². The van der Waals surface area contributed by atoms with E-state index in [1.54, 1.807) is 24.3 Å². The number of hydrogen-bond acceptors (Lipinski definition) is 5. The number of carboxylic acid groups (broad SMARTS) is 1. The van der Waals surface area contributed by atoms with Crippen molar-refractivity contribution in [3.8, 4) is 0 Å². The van der Waals surface area contributed by atoms with Crippen molar-refractivity contribution >= 4 is 81.2 Å². The van der Waals surface area contributed by atoms with E-state index in [0.29, 0.717) is 16.3 Å². The lowest BCUT2D eigenvalue weighted by Gasteiger charge is -2.16. The fourth-order valence-corrected chi connectivity index (χ4v) is 3.75. The second-order valence-electron chi connectivity index (χ2n) is 5.64. The fraction of sp³-hybridized carbons (Fsp3) is 0.